The van der Waals surface area contributed by atoms with Gasteiger partial charge >= 0.3 is 0 Å². The number of hydrogen-bond donors (Lipinski definition) is 1. The summed E-state index contributed by atoms with van der Waals surface area (Å²) in [6.07, 6.45) is 1.70. The summed E-state index contributed by atoms with van der Waals surface area (Å²) >= 11 is 0. The van der Waals surface area contributed by atoms with Crippen LogP contribution in [-0.4, -0.2) is 23.2 Å². The second kappa shape index (κ2) is 5.00. The second-order valence-corrected chi connectivity index (χ2v) is 4.06. The van der Waals surface area contributed by atoms with Crippen LogP contribution in [0.15, 0.2) is 47.1 Å². The Balaban J connectivity index is 1.91. The van der Waals surface area contributed by atoms with Crippen molar-refractivity contribution in [3.8, 4) is 5.88 Å². The lowest BCUT2D eigenvalue weighted by molar-refractivity contribution is 0.0987. The molecule has 2 aromatic heterocycles. The van der Waals surface area contributed by atoms with Crippen molar-refractivity contribution in [2.75, 3.05) is 12.4 Å². The SMILES string of the molecule is COc1cc(C(=O)Nc2cccc3ncccc23)on1. The molecule has 0 aliphatic carbocycles. The molecule has 0 aliphatic heterocycles. The topological polar surface area (TPSA) is 77.2 Å². The molecule has 20 heavy (non-hydrogen) atoms. The first-order valence-corrected chi connectivity index (χ1v) is 5.94. The monoisotopic (exact) mass is 269 g/mol. The molecule has 0 fully saturated rings. The molecule has 0 atom stereocenters. The number of anilines is 1. The number of hydrogen-bond acceptors (Lipinski definition) is 5. The Morgan fingerprint density at radius 2 is 2.20 bits per heavy atom. The summed E-state index contributed by atoms with van der Waals surface area (Å²) < 4.78 is 9.77. The molecule has 1 N–H and O–H groups in total. The Bertz CT molecular complexity index is 762. The lowest BCUT2D eigenvalue weighted by atomic mass is 10.2. The summed E-state index contributed by atoms with van der Waals surface area (Å²) in [5.41, 5.74) is 1.47. The first kappa shape index (κ1) is 12.2. The minimum atomic E-state index is -0.392. The van der Waals surface area contributed by atoms with Crippen LogP contribution in [0.3, 0.4) is 0 Å². The molecule has 0 radical (unpaired) electrons. The molecule has 3 rings (SSSR count). The van der Waals surface area contributed by atoms with Crippen molar-refractivity contribution in [1.82, 2.24) is 10.1 Å². The molecule has 0 saturated heterocycles. The van der Waals surface area contributed by atoms with Gasteiger partial charge in [-0.05, 0) is 29.4 Å². The average Bonchev–Trinajstić information content (AvgIpc) is 2.97. The molecule has 1 aromatic carbocycles. The molecule has 0 bridgehead atoms. The first-order chi connectivity index (χ1) is 9.78. The van der Waals surface area contributed by atoms with Gasteiger partial charge < -0.3 is 14.6 Å². The van der Waals surface area contributed by atoms with Crippen molar-refractivity contribution in [1.29, 1.82) is 0 Å². The summed E-state index contributed by atoms with van der Waals surface area (Å²) in [5, 5.41) is 7.22. The number of methoxy groups -OCH3 is 1. The highest BCUT2D eigenvalue weighted by molar-refractivity contribution is 6.07. The van der Waals surface area contributed by atoms with E-state index in [4.69, 9.17) is 9.26 Å². The number of carbonyl (C=O) groups is 1. The van der Waals surface area contributed by atoms with Crippen molar-refractivity contribution in [2.45, 2.75) is 0 Å². The Labute approximate surface area is 114 Å². The smallest absolute Gasteiger partial charge is 0.294 e. The molecule has 0 aliphatic rings. The van der Waals surface area contributed by atoms with E-state index in [-0.39, 0.29) is 11.6 Å². The number of benzene rings is 1. The number of pyridine rings is 1. The number of amides is 1. The Morgan fingerprint density at radius 1 is 1.30 bits per heavy atom. The minimum absolute atomic E-state index is 0.0859. The fraction of sp³-hybridized carbons (Fsp3) is 0.0714. The highest BCUT2D eigenvalue weighted by atomic mass is 16.5. The van der Waals surface area contributed by atoms with Crippen LogP contribution in [0.5, 0.6) is 5.88 Å². The van der Waals surface area contributed by atoms with Gasteiger partial charge in [0.1, 0.15) is 0 Å². The van der Waals surface area contributed by atoms with Crippen molar-refractivity contribution < 1.29 is 14.1 Å². The molecule has 6 nitrogen and oxygen atoms in total. The summed E-state index contributed by atoms with van der Waals surface area (Å²) in [6, 6.07) is 10.6. The fourth-order valence-electron chi connectivity index (χ4n) is 1.86. The zero-order valence-corrected chi connectivity index (χ0v) is 10.7. The van der Waals surface area contributed by atoms with E-state index >= 15 is 0 Å². The van der Waals surface area contributed by atoms with Crippen molar-refractivity contribution in [3.05, 3.63) is 48.4 Å². The van der Waals surface area contributed by atoms with Gasteiger partial charge in [-0.1, -0.05) is 6.07 Å². The number of nitrogens with one attached hydrogen (secondary N) is 1. The summed E-state index contributed by atoms with van der Waals surface area (Å²) in [6.45, 7) is 0. The molecule has 100 valence electrons. The predicted molar refractivity (Wildman–Crippen MR) is 72.8 cm³/mol. The maximum atomic E-state index is 12.1. The Kier molecular flexibility index (Phi) is 3.04. The van der Waals surface area contributed by atoms with Crippen LogP contribution >= 0.6 is 0 Å². The predicted octanol–water partition coefficient (Wildman–Crippen LogP) is 2.48. The second-order valence-electron chi connectivity index (χ2n) is 4.06. The molecular weight excluding hydrogens is 258 g/mol. The molecule has 0 spiro atoms. The van der Waals surface area contributed by atoms with E-state index in [0.717, 1.165) is 10.9 Å². The van der Waals surface area contributed by atoms with E-state index in [1.165, 1.54) is 13.2 Å². The molecule has 0 unspecified atom stereocenters. The van der Waals surface area contributed by atoms with Crippen molar-refractivity contribution in [3.63, 3.8) is 0 Å². The highest BCUT2D eigenvalue weighted by Gasteiger charge is 2.14. The van der Waals surface area contributed by atoms with Crippen LogP contribution in [0.25, 0.3) is 10.9 Å². The van der Waals surface area contributed by atoms with Crippen LogP contribution < -0.4 is 10.1 Å². The van der Waals surface area contributed by atoms with Crippen LogP contribution in [0.4, 0.5) is 5.69 Å². The minimum Gasteiger partial charge on any atom is -0.479 e. The fourth-order valence-corrected chi connectivity index (χ4v) is 1.86. The maximum absolute atomic E-state index is 12.1. The lowest BCUT2D eigenvalue weighted by Crippen LogP contribution is -2.11. The van der Waals surface area contributed by atoms with Gasteiger partial charge in [-0.3, -0.25) is 9.78 Å². The van der Waals surface area contributed by atoms with Gasteiger partial charge in [-0.2, -0.15) is 0 Å². The summed E-state index contributed by atoms with van der Waals surface area (Å²) in [7, 11) is 1.45. The van der Waals surface area contributed by atoms with E-state index in [0.29, 0.717) is 5.69 Å². The van der Waals surface area contributed by atoms with E-state index in [1.54, 1.807) is 12.3 Å². The number of carbonyl (C=O) groups excluding carboxylic acids is 1. The zero-order chi connectivity index (χ0) is 13.9. The van der Waals surface area contributed by atoms with Crippen LogP contribution in [0.2, 0.25) is 0 Å². The van der Waals surface area contributed by atoms with Gasteiger partial charge in [0, 0.05) is 11.6 Å². The summed E-state index contributed by atoms with van der Waals surface area (Å²) in [5.74, 6) is -0.0466. The molecule has 3 aromatic rings. The maximum Gasteiger partial charge on any atom is 0.294 e. The number of fused-ring (bicyclic) bond motifs is 1. The van der Waals surface area contributed by atoms with Crippen LogP contribution in [0.1, 0.15) is 10.6 Å². The van der Waals surface area contributed by atoms with Crippen molar-refractivity contribution in [2.24, 2.45) is 0 Å². The third-order valence-corrected chi connectivity index (χ3v) is 2.82. The normalized spacial score (nSPS) is 10.4. The standard InChI is InChI=1S/C14H11N3O3/c1-19-13-8-12(20-17-13)14(18)16-11-6-2-5-10-9(11)4-3-7-15-10/h2-8H,1H3,(H,16,18). The molecule has 2 heterocycles. The van der Waals surface area contributed by atoms with Gasteiger partial charge in [0.05, 0.1) is 24.4 Å². The number of nitrogens with zero attached hydrogens (tertiary/aromatic N) is 2. The first-order valence-electron chi connectivity index (χ1n) is 5.94. The molecular formula is C14H11N3O3. The van der Waals surface area contributed by atoms with Crippen LogP contribution in [0, 0.1) is 0 Å². The summed E-state index contributed by atoms with van der Waals surface area (Å²) in [4.78, 5) is 16.3. The number of ether oxygens (including phenoxy) is 1. The third-order valence-electron chi connectivity index (χ3n) is 2.82. The molecule has 1 amide bonds. The average molecular weight is 269 g/mol. The van der Waals surface area contributed by atoms with Gasteiger partial charge in [0.25, 0.3) is 11.8 Å². The van der Waals surface area contributed by atoms with E-state index < -0.39 is 5.91 Å². The van der Waals surface area contributed by atoms with E-state index in [2.05, 4.69) is 15.5 Å². The Morgan fingerprint density at radius 3 is 3.00 bits per heavy atom. The van der Waals surface area contributed by atoms with Gasteiger partial charge in [-0.25, -0.2) is 0 Å². The zero-order valence-electron chi connectivity index (χ0n) is 10.7. The Hall–Kier alpha value is -2.89. The quantitative estimate of drug-likeness (QED) is 0.790. The molecule has 0 saturated carbocycles. The number of rotatable bonds is 3. The van der Waals surface area contributed by atoms with Gasteiger partial charge in [0.15, 0.2) is 0 Å². The van der Waals surface area contributed by atoms with Gasteiger partial charge in [0.2, 0.25) is 5.76 Å². The van der Waals surface area contributed by atoms with Crippen molar-refractivity contribution >= 4 is 22.5 Å². The lowest BCUT2D eigenvalue weighted by Gasteiger charge is -2.06. The largest absolute Gasteiger partial charge is 0.479 e. The third kappa shape index (κ3) is 2.18. The highest BCUT2D eigenvalue weighted by Crippen LogP contribution is 2.22. The van der Waals surface area contributed by atoms with Crippen LogP contribution in [-0.2, 0) is 0 Å². The molecule has 6 heteroatoms. The van der Waals surface area contributed by atoms with E-state index in [1.807, 2.05) is 24.3 Å². The van der Waals surface area contributed by atoms with Gasteiger partial charge in [-0.15, -0.1) is 0 Å². The number of aromatic nitrogens is 2. The van der Waals surface area contributed by atoms with E-state index in [9.17, 15) is 4.79 Å².